The van der Waals surface area contributed by atoms with E-state index >= 15 is 0 Å². The lowest BCUT2D eigenvalue weighted by Crippen LogP contribution is -2.55. The molecule has 0 bridgehead atoms. The number of amides is 1. The summed E-state index contributed by atoms with van der Waals surface area (Å²) in [5, 5.41) is 11.0. The van der Waals surface area contributed by atoms with Crippen LogP contribution in [0.25, 0.3) is 0 Å². The lowest BCUT2D eigenvalue weighted by Gasteiger charge is -2.37. The van der Waals surface area contributed by atoms with Gasteiger partial charge in [0.1, 0.15) is 12.2 Å². The summed E-state index contributed by atoms with van der Waals surface area (Å²) in [4.78, 5) is 13.9. The lowest BCUT2D eigenvalue weighted by molar-refractivity contribution is -0.124. The van der Waals surface area contributed by atoms with Gasteiger partial charge in [-0.1, -0.05) is 0 Å². The van der Waals surface area contributed by atoms with E-state index < -0.39 is 5.54 Å². The highest BCUT2D eigenvalue weighted by Gasteiger charge is 2.33. The van der Waals surface area contributed by atoms with Gasteiger partial charge in [0.25, 0.3) is 0 Å². The largest absolute Gasteiger partial charge is 0.368 e. The van der Waals surface area contributed by atoms with Gasteiger partial charge in [-0.25, -0.2) is 0 Å². The number of carbonyl (C=O) groups excluding carboxylic acids is 1. The second-order valence-corrected chi connectivity index (χ2v) is 5.41. The molecule has 0 aromatic carbocycles. The minimum absolute atomic E-state index is 0.246. The second kappa shape index (κ2) is 5.26. The first-order valence-electron chi connectivity index (χ1n) is 6.56. The SMILES string of the molecule is CNC(C)(CC(C)N1CCn2cnnc2C1)C(N)=O. The van der Waals surface area contributed by atoms with Crippen LogP contribution < -0.4 is 11.1 Å². The number of hydrogen-bond donors (Lipinski definition) is 2. The average molecular weight is 266 g/mol. The Morgan fingerprint density at radius 1 is 1.63 bits per heavy atom. The van der Waals surface area contributed by atoms with Crippen LogP contribution in [-0.2, 0) is 17.9 Å². The maximum atomic E-state index is 11.5. The zero-order valence-corrected chi connectivity index (χ0v) is 11.8. The molecule has 0 aliphatic carbocycles. The molecule has 106 valence electrons. The van der Waals surface area contributed by atoms with Gasteiger partial charge >= 0.3 is 0 Å². The van der Waals surface area contributed by atoms with Gasteiger partial charge < -0.3 is 15.6 Å². The molecule has 7 heteroatoms. The van der Waals surface area contributed by atoms with Crippen LogP contribution in [0.4, 0.5) is 0 Å². The van der Waals surface area contributed by atoms with Gasteiger partial charge in [-0.05, 0) is 27.3 Å². The molecule has 0 saturated carbocycles. The van der Waals surface area contributed by atoms with Gasteiger partial charge in [0.05, 0.1) is 12.1 Å². The number of fused-ring (bicyclic) bond motifs is 1. The first kappa shape index (κ1) is 14.0. The van der Waals surface area contributed by atoms with Gasteiger partial charge in [0.15, 0.2) is 0 Å². The molecule has 0 spiro atoms. The number of carbonyl (C=O) groups is 1. The Morgan fingerprint density at radius 3 is 3.00 bits per heavy atom. The lowest BCUT2D eigenvalue weighted by atomic mass is 9.92. The molecule has 1 amide bonds. The van der Waals surface area contributed by atoms with E-state index in [1.807, 2.05) is 6.92 Å². The van der Waals surface area contributed by atoms with Crippen LogP contribution in [0.15, 0.2) is 6.33 Å². The fourth-order valence-electron chi connectivity index (χ4n) is 2.51. The van der Waals surface area contributed by atoms with Gasteiger partial charge in [-0.2, -0.15) is 0 Å². The maximum absolute atomic E-state index is 11.5. The van der Waals surface area contributed by atoms with Crippen LogP contribution >= 0.6 is 0 Å². The third kappa shape index (κ3) is 2.76. The summed E-state index contributed by atoms with van der Waals surface area (Å²) in [6.07, 6.45) is 2.44. The van der Waals surface area contributed by atoms with Crippen molar-refractivity contribution >= 4 is 5.91 Å². The Labute approximate surface area is 113 Å². The summed E-state index contributed by atoms with van der Waals surface area (Å²) >= 11 is 0. The van der Waals surface area contributed by atoms with E-state index in [9.17, 15) is 4.79 Å². The molecule has 1 aromatic rings. The van der Waals surface area contributed by atoms with Crippen LogP contribution in [0.1, 0.15) is 26.1 Å². The number of hydrogen-bond acceptors (Lipinski definition) is 5. The van der Waals surface area contributed by atoms with Crippen molar-refractivity contribution in [1.82, 2.24) is 25.0 Å². The number of nitrogens with two attached hydrogens (primary N) is 1. The van der Waals surface area contributed by atoms with Crippen LogP contribution in [0, 0.1) is 0 Å². The molecular formula is C12H22N6O. The highest BCUT2D eigenvalue weighted by atomic mass is 16.1. The Hall–Kier alpha value is -1.47. The molecule has 0 radical (unpaired) electrons. The van der Waals surface area contributed by atoms with E-state index in [1.54, 1.807) is 13.4 Å². The predicted molar refractivity (Wildman–Crippen MR) is 71.2 cm³/mol. The minimum Gasteiger partial charge on any atom is -0.368 e. The van der Waals surface area contributed by atoms with Crippen LogP contribution in [0.5, 0.6) is 0 Å². The second-order valence-electron chi connectivity index (χ2n) is 5.41. The van der Waals surface area contributed by atoms with Gasteiger partial charge in [-0.3, -0.25) is 9.69 Å². The zero-order valence-electron chi connectivity index (χ0n) is 11.8. The molecule has 0 saturated heterocycles. The van der Waals surface area contributed by atoms with Gasteiger partial charge in [0, 0.05) is 19.1 Å². The number of likely N-dealkylation sites (N-methyl/N-ethyl adjacent to an activating group) is 1. The van der Waals surface area contributed by atoms with Crippen molar-refractivity contribution in [3.8, 4) is 0 Å². The quantitative estimate of drug-likeness (QED) is 0.738. The molecule has 1 aliphatic heterocycles. The summed E-state index contributed by atoms with van der Waals surface area (Å²) in [6.45, 7) is 6.55. The Balaban J connectivity index is 2.02. The number of aromatic nitrogens is 3. The summed E-state index contributed by atoms with van der Waals surface area (Å²) < 4.78 is 2.06. The third-order valence-electron chi connectivity index (χ3n) is 4.09. The summed E-state index contributed by atoms with van der Waals surface area (Å²) in [6, 6.07) is 0.246. The number of rotatable bonds is 5. The zero-order chi connectivity index (χ0) is 14.0. The van der Waals surface area contributed by atoms with E-state index in [0.717, 1.165) is 25.5 Å². The molecule has 2 rings (SSSR count). The molecule has 3 N–H and O–H groups in total. The fourth-order valence-corrected chi connectivity index (χ4v) is 2.51. The Kier molecular flexibility index (Phi) is 3.86. The van der Waals surface area contributed by atoms with Gasteiger partial charge in [0.2, 0.25) is 5.91 Å². The number of nitrogens with zero attached hydrogens (tertiary/aromatic N) is 4. The molecule has 2 atom stereocenters. The topological polar surface area (TPSA) is 89.1 Å². The van der Waals surface area contributed by atoms with E-state index in [0.29, 0.717) is 6.42 Å². The van der Waals surface area contributed by atoms with Crippen molar-refractivity contribution in [3.05, 3.63) is 12.2 Å². The third-order valence-corrected chi connectivity index (χ3v) is 4.09. The van der Waals surface area contributed by atoms with Crippen LogP contribution in [0.2, 0.25) is 0 Å². The first-order valence-corrected chi connectivity index (χ1v) is 6.56. The van der Waals surface area contributed by atoms with Gasteiger partial charge in [-0.15, -0.1) is 10.2 Å². The van der Waals surface area contributed by atoms with E-state index in [4.69, 9.17) is 5.73 Å². The van der Waals surface area contributed by atoms with Crippen LogP contribution in [0.3, 0.4) is 0 Å². The molecular weight excluding hydrogens is 244 g/mol. The van der Waals surface area contributed by atoms with E-state index in [-0.39, 0.29) is 11.9 Å². The minimum atomic E-state index is -0.676. The van der Waals surface area contributed by atoms with Crippen molar-refractivity contribution < 1.29 is 4.79 Å². The van der Waals surface area contributed by atoms with E-state index in [1.165, 1.54) is 0 Å². The summed E-state index contributed by atoms with van der Waals surface area (Å²) in [7, 11) is 1.77. The standard InChI is InChI=1S/C12H22N6O/c1-9(6-12(2,14-3)11(13)19)17-4-5-18-8-15-16-10(18)7-17/h8-9,14H,4-7H2,1-3H3,(H2,13,19). The molecule has 2 heterocycles. The van der Waals surface area contributed by atoms with Crippen molar-refractivity contribution in [2.24, 2.45) is 5.73 Å². The normalized spacial score (nSPS) is 20.6. The molecule has 1 aromatic heterocycles. The maximum Gasteiger partial charge on any atom is 0.237 e. The monoisotopic (exact) mass is 266 g/mol. The predicted octanol–water partition coefficient (Wildman–Crippen LogP) is -0.664. The van der Waals surface area contributed by atoms with Crippen molar-refractivity contribution in [2.45, 2.75) is 44.9 Å². The van der Waals surface area contributed by atoms with Crippen molar-refractivity contribution in [1.29, 1.82) is 0 Å². The number of primary amides is 1. The van der Waals surface area contributed by atoms with Crippen molar-refractivity contribution in [3.63, 3.8) is 0 Å². The smallest absolute Gasteiger partial charge is 0.237 e. The molecule has 2 unspecified atom stereocenters. The molecule has 7 nitrogen and oxygen atoms in total. The molecule has 0 fully saturated rings. The van der Waals surface area contributed by atoms with Crippen LogP contribution in [-0.4, -0.2) is 50.7 Å². The Bertz CT molecular complexity index is 459. The first-order chi connectivity index (χ1) is 8.96. The molecule has 19 heavy (non-hydrogen) atoms. The van der Waals surface area contributed by atoms with Crippen molar-refractivity contribution in [2.75, 3.05) is 13.6 Å². The highest BCUT2D eigenvalue weighted by molar-refractivity contribution is 5.84. The fraction of sp³-hybridized carbons (Fsp3) is 0.750. The van der Waals surface area contributed by atoms with E-state index in [2.05, 4.69) is 31.9 Å². The summed E-state index contributed by atoms with van der Waals surface area (Å²) in [5.74, 6) is 0.658. The average Bonchev–Trinajstić information content (AvgIpc) is 2.85. The highest BCUT2D eigenvalue weighted by Crippen LogP contribution is 2.19. The number of nitrogens with one attached hydrogen (secondary N) is 1. The summed E-state index contributed by atoms with van der Waals surface area (Å²) in [5.41, 5.74) is 4.80. The Morgan fingerprint density at radius 2 is 2.37 bits per heavy atom. The molecule has 1 aliphatic rings.